The number of hydrogen-bond acceptors (Lipinski definition) is 7. The third-order valence-corrected chi connectivity index (χ3v) is 5.46. The monoisotopic (exact) mass is 398 g/mol. The second kappa shape index (κ2) is 9.25. The van der Waals surface area contributed by atoms with E-state index < -0.39 is 10.0 Å². The summed E-state index contributed by atoms with van der Waals surface area (Å²) in [5.74, 6) is 1.17. The number of sulfonamides is 1. The van der Waals surface area contributed by atoms with Crippen molar-refractivity contribution in [1.82, 2.24) is 19.9 Å². The Hall–Kier alpha value is -3.04. The summed E-state index contributed by atoms with van der Waals surface area (Å²) < 4.78 is 27.1. The van der Waals surface area contributed by atoms with Gasteiger partial charge in [0.15, 0.2) is 5.82 Å². The fourth-order valence-corrected chi connectivity index (χ4v) is 3.47. The lowest BCUT2D eigenvalue weighted by Crippen LogP contribution is -2.29. The summed E-state index contributed by atoms with van der Waals surface area (Å²) in [5.41, 5.74) is 1.97. The molecule has 0 atom stereocenters. The summed E-state index contributed by atoms with van der Waals surface area (Å²) in [4.78, 5) is 4.21. The van der Waals surface area contributed by atoms with Crippen LogP contribution in [0.5, 0.6) is 0 Å². The van der Waals surface area contributed by atoms with E-state index in [9.17, 15) is 8.42 Å². The van der Waals surface area contributed by atoms with Crippen LogP contribution >= 0.6 is 0 Å². The molecule has 0 fully saturated rings. The van der Waals surface area contributed by atoms with Gasteiger partial charge in [-0.2, -0.15) is 0 Å². The number of pyridine rings is 1. The van der Waals surface area contributed by atoms with Crippen LogP contribution in [0.1, 0.15) is 12.5 Å². The summed E-state index contributed by atoms with van der Waals surface area (Å²) >= 11 is 0. The van der Waals surface area contributed by atoms with Gasteiger partial charge in [0.2, 0.25) is 10.0 Å². The Balaban J connectivity index is 1.46. The summed E-state index contributed by atoms with van der Waals surface area (Å²) in [5, 5.41) is 14.3. The molecule has 146 valence electrons. The predicted octanol–water partition coefficient (Wildman–Crippen LogP) is 2.57. The normalized spacial score (nSPS) is 11.2. The highest BCUT2D eigenvalue weighted by Gasteiger charge is 2.12. The van der Waals surface area contributed by atoms with Gasteiger partial charge in [-0.1, -0.05) is 19.1 Å². The van der Waals surface area contributed by atoms with Gasteiger partial charge in [-0.25, -0.2) is 13.1 Å². The molecule has 0 spiro atoms. The Morgan fingerprint density at radius 3 is 2.18 bits per heavy atom. The molecule has 8 nitrogen and oxygen atoms in total. The first-order chi connectivity index (χ1) is 13.6. The van der Waals surface area contributed by atoms with Crippen molar-refractivity contribution >= 4 is 27.3 Å². The van der Waals surface area contributed by atoms with Gasteiger partial charge in [0.05, 0.1) is 4.90 Å². The molecule has 1 aromatic carbocycles. The lowest BCUT2D eigenvalue weighted by Gasteiger charge is -2.09. The maximum atomic E-state index is 12.3. The third-order valence-electron chi connectivity index (χ3n) is 3.98. The average Bonchev–Trinajstić information content (AvgIpc) is 2.73. The molecule has 0 bridgehead atoms. The minimum atomic E-state index is -3.52. The van der Waals surface area contributed by atoms with Crippen molar-refractivity contribution < 1.29 is 8.42 Å². The van der Waals surface area contributed by atoms with E-state index in [0.717, 1.165) is 17.7 Å². The molecule has 3 N–H and O–H groups in total. The molecule has 28 heavy (non-hydrogen) atoms. The molecule has 0 unspecified atom stereocenters. The average molecular weight is 398 g/mol. The first kappa shape index (κ1) is 19.7. The molecular formula is C19H22N6O2S. The van der Waals surface area contributed by atoms with E-state index in [1.807, 2.05) is 31.2 Å². The van der Waals surface area contributed by atoms with Crippen LogP contribution in [0.25, 0.3) is 0 Å². The molecule has 0 aliphatic heterocycles. The lowest BCUT2D eigenvalue weighted by atomic mass is 10.2. The van der Waals surface area contributed by atoms with Crippen LogP contribution < -0.4 is 15.4 Å². The summed E-state index contributed by atoms with van der Waals surface area (Å²) in [7, 11) is -3.52. The molecule has 3 rings (SSSR count). The number of aryl methyl sites for hydroxylation is 1. The van der Waals surface area contributed by atoms with Crippen molar-refractivity contribution in [3.8, 4) is 0 Å². The molecule has 0 aliphatic rings. The Kier molecular flexibility index (Phi) is 6.51. The Morgan fingerprint density at radius 1 is 0.857 bits per heavy atom. The molecule has 0 aliphatic carbocycles. The van der Waals surface area contributed by atoms with E-state index in [0.29, 0.717) is 18.2 Å². The van der Waals surface area contributed by atoms with Crippen LogP contribution in [0, 0.1) is 0 Å². The molecule has 0 saturated carbocycles. The van der Waals surface area contributed by atoms with Crippen LogP contribution in [0.15, 0.2) is 65.8 Å². The quantitative estimate of drug-likeness (QED) is 0.475. The second-order valence-corrected chi connectivity index (χ2v) is 7.75. The van der Waals surface area contributed by atoms with Gasteiger partial charge < -0.3 is 10.6 Å². The zero-order valence-corrected chi connectivity index (χ0v) is 16.3. The highest BCUT2D eigenvalue weighted by molar-refractivity contribution is 7.89. The van der Waals surface area contributed by atoms with Crippen LogP contribution in [-0.4, -0.2) is 36.7 Å². The standard InChI is InChI=1S/C19H22N6O2S/c1-2-15-3-5-17(6-4-15)28(26,27)22-14-13-21-18-7-8-19(25-24-18)23-16-9-11-20-12-10-16/h3-12,22H,2,13-14H2,1H3,(H,21,24)(H,20,23,25). The van der Waals surface area contributed by atoms with Crippen LogP contribution in [-0.2, 0) is 16.4 Å². The second-order valence-electron chi connectivity index (χ2n) is 5.99. The van der Waals surface area contributed by atoms with Gasteiger partial charge in [-0.3, -0.25) is 4.98 Å². The number of benzene rings is 1. The SMILES string of the molecule is CCc1ccc(S(=O)(=O)NCCNc2ccc(Nc3ccncc3)nn2)cc1. The van der Waals surface area contributed by atoms with E-state index in [1.165, 1.54) is 0 Å². The van der Waals surface area contributed by atoms with Crippen molar-refractivity contribution in [2.45, 2.75) is 18.2 Å². The maximum absolute atomic E-state index is 12.3. The van der Waals surface area contributed by atoms with Gasteiger partial charge in [-0.15, -0.1) is 10.2 Å². The zero-order chi connectivity index (χ0) is 19.8. The van der Waals surface area contributed by atoms with Crippen molar-refractivity contribution in [2.75, 3.05) is 23.7 Å². The molecular weight excluding hydrogens is 376 g/mol. The first-order valence-corrected chi connectivity index (χ1v) is 10.4. The predicted molar refractivity (Wildman–Crippen MR) is 109 cm³/mol. The van der Waals surface area contributed by atoms with E-state index in [4.69, 9.17) is 0 Å². The topological polar surface area (TPSA) is 109 Å². The van der Waals surface area contributed by atoms with E-state index in [1.54, 1.807) is 36.7 Å². The van der Waals surface area contributed by atoms with E-state index in [2.05, 4.69) is 30.5 Å². The molecule has 0 radical (unpaired) electrons. The van der Waals surface area contributed by atoms with Gasteiger partial charge >= 0.3 is 0 Å². The molecule has 2 aromatic heterocycles. The summed E-state index contributed by atoms with van der Waals surface area (Å²) in [6, 6.07) is 14.1. The van der Waals surface area contributed by atoms with Crippen molar-refractivity contribution in [3.05, 3.63) is 66.5 Å². The largest absolute Gasteiger partial charge is 0.367 e. The van der Waals surface area contributed by atoms with Crippen molar-refractivity contribution in [2.24, 2.45) is 0 Å². The molecule has 9 heteroatoms. The van der Waals surface area contributed by atoms with Crippen LogP contribution in [0.4, 0.5) is 17.3 Å². The molecule has 3 aromatic rings. The molecule has 2 heterocycles. The van der Waals surface area contributed by atoms with Crippen molar-refractivity contribution in [1.29, 1.82) is 0 Å². The van der Waals surface area contributed by atoms with Gasteiger partial charge in [0.1, 0.15) is 5.82 Å². The number of aromatic nitrogens is 3. The molecule has 0 amide bonds. The zero-order valence-electron chi connectivity index (χ0n) is 15.5. The summed E-state index contributed by atoms with van der Waals surface area (Å²) in [6.45, 7) is 2.65. The van der Waals surface area contributed by atoms with Gasteiger partial charge in [0, 0.05) is 31.2 Å². The Bertz CT molecular complexity index is 977. The number of nitrogens with zero attached hydrogens (tertiary/aromatic N) is 3. The highest BCUT2D eigenvalue weighted by Crippen LogP contribution is 2.13. The van der Waals surface area contributed by atoms with Crippen LogP contribution in [0.2, 0.25) is 0 Å². The van der Waals surface area contributed by atoms with E-state index >= 15 is 0 Å². The Labute approximate surface area is 164 Å². The Morgan fingerprint density at radius 2 is 1.54 bits per heavy atom. The maximum Gasteiger partial charge on any atom is 0.240 e. The van der Waals surface area contributed by atoms with Crippen molar-refractivity contribution in [3.63, 3.8) is 0 Å². The van der Waals surface area contributed by atoms with Crippen LogP contribution in [0.3, 0.4) is 0 Å². The van der Waals surface area contributed by atoms with Gasteiger partial charge in [0.25, 0.3) is 0 Å². The fraction of sp³-hybridized carbons (Fsp3) is 0.211. The number of rotatable bonds is 9. The number of hydrogen-bond donors (Lipinski definition) is 3. The van der Waals surface area contributed by atoms with E-state index in [-0.39, 0.29) is 11.4 Å². The minimum absolute atomic E-state index is 0.233. The first-order valence-electron chi connectivity index (χ1n) is 8.90. The number of nitrogens with one attached hydrogen (secondary N) is 3. The smallest absolute Gasteiger partial charge is 0.240 e. The summed E-state index contributed by atoms with van der Waals surface area (Å²) in [6.07, 6.45) is 4.24. The molecule has 0 saturated heterocycles. The number of anilines is 3. The fourth-order valence-electron chi connectivity index (χ4n) is 2.44. The third kappa shape index (κ3) is 5.48. The van der Waals surface area contributed by atoms with Gasteiger partial charge in [-0.05, 0) is 48.4 Å². The highest BCUT2D eigenvalue weighted by atomic mass is 32.2. The lowest BCUT2D eigenvalue weighted by molar-refractivity contribution is 0.583. The minimum Gasteiger partial charge on any atom is -0.367 e.